The second kappa shape index (κ2) is 7.27. The van der Waals surface area contributed by atoms with Crippen molar-refractivity contribution in [1.82, 2.24) is 4.90 Å². The van der Waals surface area contributed by atoms with Crippen molar-refractivity contribution < 1.29 is 14.4 Å². The van der Waals surface area contributed by atoms with E-state index >= 15 is 0 Å². The molecule has 0 aliphatic carbocycles. The van der Waals surface area contributed by atoms with Gasteiger partial charge in [0.15, 0.2) is 0 Å². The first-order chi connectivity index (χ1) is 14.2. The number of hydrogen-bond acceptors (Lipinski definition) is 3. The fourth-order valence-electron chi connectivity index (χ4n) is 4.83. The molecule has 0 aromatic heterocycles. The van der Waals surface area contributed by atoms with E-state index in [9.17, 15) is 14.4 Å². The molecule has 4 rings (SSSR count). The largest absolute Gasteiger partial charge is 0.326 e. The average Bonchev–Trinajstić information content (AvgIpc) is 3.00. The van der Waals surface area contributed by atoms with E-state index in [1.807, 2.05) is 52.0 Å². The summed E-state index contributed by atoms with van der Waals surface area (Å²) < 4.78 is 0. The zero-order valence-electron chi connectivity index (χ0n) is 17.9. The van der Waals surface area contributed by atoms with Crippen LogP contribution in [-0.4, -0.2) is 34.8 Å². The Bertz CT molecular complexity index is 1040. The van der Waals surface area contributed by atoms with E-state index in [-0.39, 0.29) is 30.7 Å². The third-order valence-electron chi connectivity index (χ3n) is 6.25. The van der Waals surface area contributed by atoms with Gasteiger partial charge in [-0.3, -0.25) is 19.3 Å². The lowest BCUT2D eigenvalue weighted by molar-refractivity contribution is -0.117. The summed E-state index contributed by atoms with van der Waals surface area (Å²) in [7, 11) is 0. The van der Waals surface area contributed by atoms with Gasteiger partial charge < -0.3 is 10.2 Å². The maximum absolute atomic E-state index is 13.2. The van der Waals surface area contributed by atoms with Gasteiger partial charge in [0.25, 0.3) is 5.91 Å². The Balaban J connectivity index is 1.55. The minimum atomic E-state index is -0.738. The quantitative estimate of drug-likeness (QED) is 0.838. The Morgan fingerprint density at radius 1 is 1.10 bits per heavy atom. The molecule has 0 saturated carbocycles. The minimum absolute atomic E-state index is 0.0119. The number of benzene rings is 2. The Morgan fingerprint density at radius 3 is 2.47 bits per heavy atom. The molecule has 0 bridgehead atoms. The van der Waals surface area contributed by atoms with Gasteiger partial charge in [-0.1, -0.05) is 29.8 Å². The molecule has 6 nitrogen and oxygen atoms in total. The fraction of sp³-hybridized carbons (Fsp3) is 0.375. The van der Waals surface area contributed by atoms with E-state index in [0.717, 1.165) is 22.4 Å². The number of nitrogens with one attached hydrogen (secondary N) is 1. The molecule has 1 atom stereocenters. The van der Waals surface area contributed by atoms with Gasteiger partial charge in [0.2, 0.25) is 11.8 Å². The van der Waals surface area contributed by atoms with Crippen molar-refractivity contribution in [2.45, 2.75) is 52.6 Å². The van der Waals surface area contributed by atoms with E-state index in [1.165, 1.54) is 0 Å². The first-order valence-corrected chi connectivity index (χ1v) is 10.3. The van der Waals surface area contributed by atoms with Gasteiger partial charge in [0.1, 0.15) is 5.66 Å². The third-order valence-corrected chi connectivity index (χ3v) is 6.25. The number of para-hydroxylation sites is 1. The molecular formula is C24H27N3O3. The number of fused-ring (bicyclic) bond motifs is 3. The topological polar surface area (TPSA) is 69.7 Å². The minimum Gasteiger partial charge on any atom is -0.326 e. The number of rotatable bonds is 4. The number of anilines is 2. The van der Waals surface area contributed by atoms with Crippen molar-refractivity contribution in [1.29, 1.82) is 0 Å². The van der Waals surface area contributed by atoms with Crippen LogP contribution in [0.15, 0.2) is 36.4 Å². The smallest absolute Gasteiger partial charge is 0.257 e. The average molecular weight is 405 g/mol. The number of amides is 3. The molecule has 0 spiro atoms. The normalized spacial score (nSPS) is 20.3. The molecule has 0 radical (unpaired) electrons. The van der Waals surface area contributed by atoms with Crippen molar-refractivity contribution in [3.63, 3.8) is 0 Å². The van der Waals surface area contributed by atoms with Gasteiger partial charge in [-0.15, -0.1) is 0 Å². The van der Waals surface area contributed by atoms with Gasteiger partial charge >= 0.3 is 0 Å². The fourth-order valence-corrected chi connectivity index (χ4v) is 4.83. The maximum Gasteiger partial charge on any atom is 0.257 e. The summed E-state index contributed by atoms with van der Waals surface area (Å²) >= 11 is 0. The van der Waals surface area contributed by atoms with Crippen LogP contribution in [0, 0.1) is 20.8 Å². The number of nitrogens with zero attached hydrogens (tertiary/aromatic N) is 2. The van der Waals surface area contributed by atoms with Gasteiger partial charge in [-0.2, -0.15) is 0 Å². The van der Waals surface area contributed by atoms with Crippen molar-refractivity contribution in [2.24, 2.45) is 0 Å². The highest BCUT2D eigenvalue weighted by Gasteiger charge is 2.52. The van der Waals surface area contributed by atoms with E-state index in [4.69, 9.17) is 0 Å². The Hall–Kier alpha value is -3.15. The first kappa shape index (κ1) is 20.1. The van der Waals surface area contributed by atoms with Gasteiger partial charge in [0.05, 0.1) is 11.3 Å². The number of hydrogen-bond donors (Lipinski definition) is 1. The molecule has 6 heteroatoms. The second-order valence-electron chi connectivity index (χ2n) is 8.49. The highest BCUT2D eigenvalue weighted by Crippen LogP contribution is 2.44. The molecule has 1 fully saturated rings. The molecule has 1 N–H and O–H groups in total. The SMILES string of the molecule is Cc1cc(C)c(NC(=O)CCN2C(=O)c3ccccc3N3C(=O)CCC23C)c(C)c1. The lowest BCUT2D eigenvalue weighted by atomic mass is 9.98. The number of carbonyl (C=O) groups is 3. The second-order valence-corrected chi connectivity index (χ2v) is 8.49. The molecule has 2 aliphatic heterocycles. The van der Waals surface area contributed by atoms with Crippen molar-refractivity contribution in [3.8, 4) is 0 Å². The van der Waals surface area contributed by atoms with E-state index in [1.54, 1.807) is 21.9 Å². The molecule has 1 unspecified atom stereocenters. The molecule has 2 aromatic carbocycles. The molecule has 2 heterocycles. The van der Waals surface area contributed by atoms with E-state index in [2.05, 4.69) is 5.32 Å². The summed E-state index contributed by atoms with van der Waals surface area (Å²) in [6.45, 7) is 8.15. The molecule has 2 aromatic rings. The molecular weight excluding hydrogens is 378 g/mol. The zero-order valence-corrected chi connectivity index (χ0v) is 17.9. The maximum atomic E-state index is 13.2. The van der Waals surface area contributed by atoms with Crippen LogP contribution in [0.25, 0.3) is 0 Å². The summed E-state index contributed by atoms with van der Waals surface area (Å²) in [5.74, 6) is -0.261. The summed E-state index contributed by atoms with van der Waals surface area (Å²) in [6.07, 6.45) is 1.12. The molecule has 2 aliphatic rings. The molecule has 3 amide bonds. The van der Waals surface area contributed by atoms with Crippen LogP contribution in [0.1, 0.15) is 53.2 Å². The number of aryl methyl sites for hydroxylation is 3. The van der Waals surface area contributed by atoms with Crippen LogP contribution in [0.2, 0.25) is 0 Å². The Morgan fingerprint density at radius 2 is 1.77 bits per heavy atom. The summed E-state index contributed by atoms with van der Waals surface area (Å²) in [6, 6.07) is 11.3. The Labute approximate surface area is 176 Å². The third kappa shape index (κ3) is 3.16. The predicted octanol–water partition coefficient (Wildman–Crippen LogP) is 3.94. The van der Waals surface area contributed by atoms with Crippen LogP contribution in [0.5, 0.6) is 0 Å². The van der Waals surface area contributed by atoms with E-state index < -0.39 is 5.66 Å². The van der Waals surface area contributed by atoms with Crippen LogP contribution in [0.4, 0.5) is 11.4 Å². The summed E-state index contributed by atoms with van der Waals surface area (Å²) in [4.78, 5) is 42.0. The van der Waals surface area contributed by atoms with Crippen LogP contribution in [-0.2, 0) is 9.59 Å². The summed E-state index contributed by atoms with van der Waals surface area (Å²) in [5, 5.41) is 3.00. The van der Waals surface area contributed by atoms with Crippen LogP contribution >= 0.6 is 0 Å². The number of carbonyl (C=O) groups excluding carboxylic acids is 3. The lowest BCUT2D eigenvalue weighted by Gasteiger charge is -2.48. The lowest BCUT2D eigenvalue weighted by Crippen LogP contribution is -2.62. The van der Waals surface area contributed by atoms with Gasteiger partial charge in [-0.05, 0) is 57.4 Å². The highest BCUT2D eigenvalue weighted by atomic mass is 16.2. The first-order valence-electron chi connectivity index (χ1n) is 10.3. The molecule has 156 valence electrons. The molecule has 30 heavy (non-hydrogen) atoms. The molecule has 1 saturated heterocycles. The van der Waals surface area contributed by atoms with Crippen LogP contribution < -0.4 is 10.2 Å². The Kier molecular flexibility index (Phi) is 4.88. The van der Waals surface area contributed by atoms with Gasteiger partial charge in [0, 0.05) is 25.1 Å². The van der Waals surface area contributed by atoms with Crippen molar-refractivity contribution in [2.75, 3.05) is 16.8 Å². The van der Waals surface area contributed by atoms with Crippen LogP contribution in [0.3, 0.4) is 0 Å². The monoisotopic (exact) mass is 405 g/mol. The van der Waals surface area contributed by atoms with Crippen molar-refractivity contribution >= 4 is 29.1 Å². The predicted molar refractivity (Wildman–Crippen MR) is 117 cm³/mol. The van der Waals surface area contributed by atoms with Gasteiger partial charge in [-0.25, -0.2) is 0 Å². The summed E-state index contributed by atoms with van der Waals surface area (Å²) in [5.41, 5.74) is 4.45. The standard InChI is InChI=1S/C24H27N3O3/c1-15-13-16(2)22(17(3)14-15)25-20(28)10-12-26-23(30)18-7-5-6-8-19(18)27-21(29)9-11-24(26,27)4/h5-8,13-14H,9-12H2,1-4H3,(H,25,28). The zero-order chi connectivity index (χ0) is 21.6. The van der Waals surface area contributed by atoms with Crippen molar-refractivity contribution in [3.05, 3.63) is 58.7 Å². The highest BCUT2D eigenvalue weighted by molar-refractivity contribution is 6.10. The van der Waals surface area contributed by atoms with E-state index in [0.29, 0.717) is 24.1 Å².